The summed E-state index contributed by atoms with van der Waals surface area (Å²) < 4.78 is 30.4. The molecule has 1 fully saturated rings. The number of hydrogen-bond donors (Lipinski definition) is 1. The van der Waals surface area contributed by atoms with E-state index in [0.717, 1.165) is 0 Å². The van der Waals surface area contributed by atoms with Gasteiger partial charge in [-0.05, 0) is 45.0 Å². The van der Waals surface area contributed by atoms with Gasteiger partial charge in [-0.1, -0.05) is 11.6 Å². The Morgan fingerprint density at radius 2 is 2.03 bits per heavy atom. The van der Waals surface area contributed by atoms with Crippen LogP contribution in [-0.2, 0) is 4.74 Å². The molecule has 10 heteroatoms. The van der Waals surface area contributed by atoms with Crippen molar-refractivity contribution in [3.05, 3.63) is 47.5 Å². The second-order valence-electron chi connectivity index (χ2n) is 7.97. The predicted molar refractivity (Wildman–Crippen MR) is 118 cm³/mol. The number of carbonyl (C=O) groups is 1. The minimum atomic E-state index is -0.604. The molecule has 4 rings (SSSR count). The highest BCUT2D eigenvalue weighted by molar-refractivity contribution is 6.31. The molecule has 0 aliphatic carbocycles. The second-order valence-corrected chi connectivity index (χ2v) is 8.38. The van der Waals surface area contributed by atoms with Crippen molar-refractivity contribution < 1.29 is 23.4 Å². The molecular weight excluding hydrogens is 439 g/mol. The first-order chi connectivity index (χ1) is 15.2. The van der Waals surface area contributed by atoms with Crippen molar-refractivity contribution in [2.45, 2.75) is 32.6 Å². The van der Waals surface area contributed by atoms with Crippen molar-refractivity contribution >= 4 is 40.1 Å². The van der Waals surface area contributed by atoms with Crippen LogP contribution < -0.4 is 14.8 Å². The van der Waals surface area contributed by atoms with E-state index in [4.69, 9.17) is 25.8 Å². The number of anilines is 2. The number of benzene rings is 2. The summed E-state index contributed by atoms with van der Waals surface area (Å²) in [5, 5.41) is 3.76. The van der Waals surface area contributed by atoms with E-state index in [1.54, 1.807) is 25.1 Å². The molecule has 2 aromatic carbocycles. The van der Waals surface area contributed by atoms with E-state index in [1.807, 2.05) is 13.8 Å². The summed E-state index contributed by atoms with van der Waals surface area (Å²) in [5.41, 5.74) is 0.572. The topological polar surface area (TPSA) is 85.8 Å². The maximum absolute atomic E-state index is 13.5. The van der Waals surface area contributed by atoms with Gasteiger partial charge in [0.1, 0.15) is 23.6 Å². The van der Waals surface area contributed by atoms with E-state index in [-0.39, 0.29) is 5.02 Å². The standard InChI is InChI=1S/C22H22ClFN4O4/c1-12(28-10-22(2,3)32-21(28)29)31-19-8-14-17(9-18(19)30-4)25-11-26-20(14)27-13-5-6-16(24)15(23)7-13/h5-9,11-12H,10H2,1-4H3,(H,25,26,27). The van der Waals surface area contributed by atoms with Crippen molar-refractivity contribution in [1.82, 2.24) is 14.9 Å². The van der Waals surface area contributed by atoms with Crippen LogP contribution in [0.25, 0.3) is 10.9 Å². The minimum absolute atomic E-state index is 0.00620. The van der Waals surface area contributed by atoms with Crippen LogP contribution in [0.2, 0.25) is 5.02 Å². The van der Waals surface area contributed by atoms with Gasteiger partial charge in [-0.2, -0.15) is 0 Å². The molecular formula is C22H22ClFN4O4. The summed E-state index contributed by atoms with van der Waals surface area (Å²) in [6.45, 7) is 5.83. The molecule has 1 N–H and O–H groups in total. The molecule has 1 aliphatic rings. The molecule has 0 spiro atoms. The van der Waals surface area contributed by atoms with E-state index in [0.29, 0.717) is 40.5 Å². The maximum Gasteiger partial charge on any atom is 0.413 e. The summed E-state index contributed by atoms with van der Waals surface area (Å²) in [4.78, 5) is 22.3. The lowest BCUT2D eigenvalue weighted by atomic mass is 10.1. The first kappa shape index (κ1) is 21.9. The first-order valence-corrected chi connectivity index (χ1v) is 10.3. The van der Waals surface area contributed by atoms with Crippen LogP contribution in [0.4, 0.5) is 20.7 Å². The maximum atomic E-state index is 13.5. The Labute approximate surface area is 189 Å². The number of fused-ring (bicyclic) bond motifs is 1. The Bertz CT molecular complexity index is 1190. The van der Waals surface area contributed by atoms with Crippen molar-refractivity contribution in [2.75, 3.05) is 19.0 Å². The fourth-order valence-corrected chi connectivity index (χ4v) is 3.63. The molecule has 1 unspecified atom stereocenters. The number of amides is 1. The highest BCUT2D eigenvalue weighted by Gasteiger charge is 2.40. The Kier molecular flexibility index (Phi) is 5.68. The Balaban J connectivity index is 1.67. The smallest absolute Gasteiger partial charge is 0.413 e. The number of nitrogens with zero attached hydrogens (tertiary/aromatic N) is 3. The molecule has 32 heavy (non-hydrogen) atoms. The molecule has 1 aromatic heterocycles. The van der Waals surface area contributed by atoms with Gasteiger partial charge >= 0.3 is 6.09 Å². The van der Waals surface area contributed by atoms with E-state index >= 15 is 0 Å². The summed E-state index contributed by atoms with van der Waals surface area (Å²) in [6, 6.07) is 7.73. The lowest BCUT2D eigenvalue weighted by Crippen LogP contribution is -2.39. The molecule has 3 aromatic rings. The number of halogens is 2. The number of cyclic esters (lactones) is 1. The number of hydrogen-bond acceptors (Lipinski definition) is 7. The Morgan fingerprint density at radius 3 is 2.69 bits per heavy atom. The molecule has 8 nitrogen and oxygen atoms in total. The average molecular weight is 461 g/mol. The zero-order chi connectivity index (χ0) is 23.0. The quantitative estimate of drug-likeness (QED) is 0.545. The van der Waals surface area contributed by atoms with Crippen molar-refractivity contribution in [1.29, 1.82) is 0 Å². The summed E-state index contributed by atoms with van der Waals surface area (Å²) in [6.07, 6.45) is 0.356. The number of rotatable bonds is 6. The van der Waals surface area contributed by atoms with Crippen LogP contribution in [-0.4, -0.2) is 46.4 Å². The van der Waals surface area contributed by atoms with Gasteiger partial charge < -0.3 is 19.5 Å². The average Bonchev–Trinajstić information content (AvgIpc) is 3.03. The van der Waals surface area contributed by atoms with Gasteiger partial charge in [0.15, 0.2) is 17.7 Å². The van der Waals surface area contributed by atoms with Gasteiger partial charge in [-0.3, -0.25) is 4.90 Å². The number of carbonyl (C=O) groups excluding carboxylic acids is 1. The first-order valence-electron chi connectivity index (χ1n) is 9.88. The van der Waals surface area contributed by atoms with Gasteiger partial charge in [-0.25, -0.2) is 19.2 Å². The molecule has 0 saturated carbocycles. The van der Waals surface area contributed by atoms with Crippen LogP contribution in [0.5, 0.6) is 11.5 Å². The Morgan fingerprint density at radius 1 is 1.25 bits per heavy atom. The fraction of sp³-hybridized carbons (Fsp3) is 0.318. The molecule has 1 saturated heterocycles. The summed E-state index contributed by atoms with van der Waals surface area (Å²) >= 11 is 5.89. The van der Waals surface area contributed by atoms with Crippen LogP contribution in [0, 0.1) is 5.82 Å². The summed E-state index contributed by atoms with van der Waals surface area (Å²) in [5.74, 6) is 0.813. The molecule has 0 radical (unpaired) electrons. The number of ether oxygens (including phenoxy) is 3. The van der Waals surface area contributed by atoms with Crippen LogP contribution >= 0.6 is 11.6 Å². The van der Waals surface area contributed by atoms with Gasteiger partial charge in [0.05, 0.1) is 24.2 Å². The van der Waals surface area contributed by atoms with Gasteiger partial charge in [0, 0.05) is 17.1 Å². The van der Waals surface area contributed by atoms with E-state index in [2.05, 4.69) is 15.3 Å². The molecule has 168 valence electrons. The monoisotopic (exact) mass is 460 g/mol. The molecule has 0 bridgehead atoms. The second kappa shape index (κ2) is 8.31. The highest BCUT2D eigenvalue weighted by Crippen LogP contribution is 2.36. The zero-order valence-electron chi connectivity index (χ0n) is 18.0. The van der Waals surface area contributed by atoms with Gasteiger partial charge in [0.25, 0.3) is 0 Å². The SMILES string of the molecule is COc1cc2ncnc(Nc3ccc(F)c(Cl)c3)c2cc1OC(C)N1CC(C)(C)OC1=O. The van der Waals surface area contributed by atoms with E-state index in [9.17, 15) is 9.18 Å². The van der Waals surface area contributed by atoms with E-state index in [1.165, 1.54) is 30.5 Å². The molecule has 1 aliphatic heterocycles. The third-order valence-corrected chi connectivity index (χ3v) is 5.28. The largest absolute Gasteiger partial charge is 0.493 e. The van der Waals surface area contributed by atoms with E-state index < -0.39 is 23.7 Å². The Hall–Kier alpha value is -3.33. The number of nitrogens with one attached hydrogen (secondary N) is 1. The lowest BCUT2D eigenvalue weighted by Gasteiger charge is -2.24. The van der Waals surface area contributed by atoms with Crippen LogP contribution in [0.3, 0.4) is 0 Å². The minimum Gasteiger partial charge on any atom is -0.493 e. The van der Waals surface area contributed by atoms with Crippen LogP contribution in [0.1, 0.15) is 20.8 Å². The third kappa shape index (κ3) is 4.34. The molecule has 1 amide bonds. The molecule has 2 heterocycles. The molecule has 1 atom stereocenters. The van der Waals surface area contributed by atoms with Crippen LogP contribution in [0.15, 0.2) is 36.7 Å². The normalized spacial score (nSPS) is 16.1. The third-order valence-electron chi connectivity index (χ3n) is 4.99. The van der Waals surface area contributed by atoms with Crippen molar-refractivity contribution in [2.24, 2.45) is 0 Å². The van der Waals surface area contributed by atoms with Crippen molar-refractivity contribution in [3.8, 4) is 11.5 Å². The van der Waals surface area contributed by atoms with Crippen molar-refractivity contribution in [3.63, 3.8) is 0 Å². The van der Waals surface area contributed by atoms with Gasteiger partial charge in [-0.15, -0.1) is 0 Å². The number of methoxy groups -OCH3 is 1. The summed E-state index contributed by atoms with van der Waals surface area (Å²) in [7, 11) is 1.52. The highest BCUT2D eigenvalue weighted by atomic mass is 35.5. The zero-order valence-corrected chi connectivity index (χ0v) is 18.7. The van der Waals surface area contributed by atoms with Gasteiger partial charge in [0.2, 0.25) is 0 Å². The lowest BCUT2D eigenvalue weighted by molar-refractivity contribution is 0.0666. The fourth-order valence-electron chi connectivity index (χ4n) is 3.45. The predicted octanol–water partition coefficient (Wildman–Crippen LogP) is 5.13. The number of aromatic nitrogens is 2.